The van der Waals surface area contributed by atoms with Gasteiger partial charge in [0.1, 0.15) is 5.82 Å². The van der Waals surface area contributed by atoms with Crippen LogP contribution in [0.3, 0.4) is 0 Å². The number of aromatic nitrogens is 2. The first-order chi connectivity index (χ1) is 15.5. The van der Waals surface area contributed by atoms with Crippen LogP contribution >= 0.6 is 0 Å². The molecule has 1 unspecified atom stereocenters. The number of rotatable bonds is 6. The van der Waals surface area contributed by atoms with Crippen LogP contribution in [0.1, 0.15) is 43.2 Å². The van der Waals surface area contributed by atoms with E-state index < -0.39 is 12.1 Å². The Kier molecular flexibility index (Phi) is 6.63. The second-order valence-corrected chi connectivity index (χ2v) is 8.08. The van der Waals surface area contributed by atoms with Crippen molar-refractivity contribution < 1.29 is 14.3 Å². The van der Waals surface area contributed by atoms with Gasteiger partial charge in [0.05, 0.1) is 17.3 Å². The Hall–Kier alpha value is -3.48. The van der Waals surface area contributed by atoms with Gasteiger partial charge in [-0.2, -0.15) is 0 Å². The number of likely N-dealkylation sites (tertiary alicyclic amines) is 1. The molecule has 1 saturated heterocycles. The van der Waals surface area contributed by atoms with E-state index in [-0.39, 0.29) is 24.3 Å². The molecule has 3 aromatic rings. The average Bonchev–Trinajstić information content (AvgIpc) is 2.84. The van der Waals surface area contributed by atoms with E-state index in [0.29, 0.717) is 35.4 Å². The standard InChI is InChI=1S/C25H27N3O4/c1-27-21(26-20-13-7-6-12-19(20)24(27)30)14-15-22(29)32-23(18-10-4-2-5-11-18)25(31)28-16-8-3-9-17-28/h2,4-7,10-13,23H,3,8-9,14-17H2,1H3. The molecule has 166 valence electrons. The van der Waals surface area contributed by atoms with Gasteiger partial charge in [-0.3, -0.25) is 19.0 Å². The number of hydrogen-bond donors (Lipinski definition) is 0. The molecule has 4 rings (SSSR count). The molecule has 2 heterocycles. The smallest absolute Gasteiger partial charge is 0.307 e. The van der Waals surface area contributed by atoms with Gasteiger partial charge in [0.2, 0.25) is 6.10 Å². The lowest BCUT2D eigenvalue weighted by molar-refractivity contribution is -0.161. The van der Waals surface area contributed by atoms with Gasteiger partial charge in [-0.15, -0.1) is 0 Å². The van der Waals surface area contributed by atoms with Gasteiger partial charge in [-0.05, 0) is 31.4 Å². The van der Waals surface area contributed by atoms with Crippen LogP contribution < -0.4 is 5.56 Å². The van der Waals surface area contributed by atoms with Crippen LogP contribution in [0.2, 0.25) is 0 Å². The van der Waals surface area contributed by atoms with Gasteiger partial charge in [0.25, 0.3) is 11.5 Å². The highest BCUT2D eigenvalue weighted by atomic mass is 16.5. The zero-order chi connectivity index (χ0) is 22.5. The third-order valence-electron chi connectivity index (χ3n) is 5.87. The first kappa shape index (κ1) is 21.7. The Morgan fingerprint density at radius 3 is 2.44 bits per heavy atom. The lowest BCUT2D eigenvalue weighted by Gasteiger charge is -2.30. The summed E-state index contributed by atoms with van der Waals surface area (Å²) in [5.74, 6) is -0.170. The third-order valence-corrected chi connectivity index (χ3v) is 5.87. The molecule has 7 heteroatoms. The number of nitrogens with zero attached hydrogens (tertiary/aromatic N) is 3. The number of amides is 1. The van der Waals surface area contributed by atoms with Crippen LogP contribution in [0.5, 0.6) is 0 Å². The number of ether oxygens (including phenoxy) is 1. The predicted octanol–water partition coefficient (Wildman–Crippen LogP) is 3.16. The Bertz CT molecular complexity index is 1170. The molecule has 1 atom stereocenters. The van der Waals surface area contributed by atoms with Crippen molar-refractivity contribution in [3.05, 3.63) is 76.3 Å². The van der Waals surface area contributed by atoms with Gasteiger partial charge < -0.3 is 9.64 Å². The van der Waals surface area contributed by atoms with Crippen molar-refractivity contribution in [1.29, 1.82) is 0 Å². The van der Waals surface area contributed by atoms with Gasteiger partial charge in [0.15, 0.2) is 0 Å². The fraction of sp³-hybridized carbons (Fsp3) is 0.360. The molecular formula is C25H27N3O4. The lowest BCUT2D eigenvalue weighted by Crippen LogP contribution is -2.40. The highest BCUT2D eigenvalue weighted by Gasteiger charge is 2.30. The number of hydrogen-bond acceptors (Lipinski definition) is 5. The van der Waals surface area contributed by atoms with E-state index in [1.165, 1.54) is 4.57 Å². The SMILES string of the molecule is Cn1c(CCC(=O)OC(C(=O)N2CCCCC2)c2ccccc2)nc2ccccc2c1=O. The van der Waals surface area contributed by atoms with Gasteiger partial charge in [-0.1, -0.05) is 42.5 Å². The number of para-hydroxylation sites is 1. The van der Waals surface area contributed by atoms with E-state index in [1.54, 1.807) is 42.3 Å². The molecule has 1 aliphatic heterocycles. The fourth-order valence-electron chi connectivity index (χ4n) is 4.06. The van der Waals surface area contributed by atoms with Crippen LogP contribution in [0.25, 0.3) is 10.9 Å². The summed E-state index contributed by atoms with van der Waals surface area (Å²) in [6, 6.07) is 16.3. The molecule has 2 aromatic carbocycles. The maximum absolute atomic E-state index is 13.1. The number of benzene rings is 2. The maximum atomic E-state index is 13.1. The molecule has 32 heavy (non-hydrogen) atoms. The van der Waals surface area contributed by atoms with Gasteiger partial charge in [0, 0.05) is 32.1 Å². The van der Waals surface area contributed by atoms with Crippen molar-refractivity contribution >= 4 is 22.8 Å². The minimum Gasteiger partial charge on any atom is -0.447 e. The van der Waals surface area contributed by atoms with Gasteiger partial charge >= 0.3 is 5.97 Å². The zero-order valence-corrected chi connectivity index (χ0v) is 18.2. The summed E-state index contributed by atoms with van der Waals surface area (Å²) < 4.78 is 7.15. The van der Waals surface area contributed by atoms with Crippen LogP contribution in [-0.2, 0) is 27.8 Å². The Morgan fingerprint density at radius 1 is 1.00 bits per heavy atom. The molecule has 1 fully saturated rings. The number of piperidine rings is 1. The molecule has 7 nitrogen and oxygen atoms in total. The van der Waals surface area contributed by atoms with E-state index in [1.807, 2.05) is 24.3 Å². The molecular weight excluding hydrogens is 406 g/mol. The van der Waals surface area contributed by atoms with Crippen molar-refractivity contribution in [1.82, 2.24) is 14.5 Å². The van der Waals surface area contributed by atoms with E-state index in [2.05, 4.69) is 4.98 Å². The summed E-state index contributed by atoms with van der Waals surface area (Å²) in [5.41, 5.74) is 1.11. The number of carbonyl (C=O) groups excluding carboxylic acids is 2. The molecule has 0 aliphatic carbocycles. The Balaban J connectivity index is 1.49. The first-order valence-corrected chi connectivity index (χ1v) is 11.0. The molecule has 0 bridgehead atoms. The molecule has 1 amide bonds. The number of fused-ring (bicyclic) bond motifs is 1. The highest BCUT2D eigenvalue weighted by molar-refractivity contribution is 5.85. The summed E-state index contributed by atoms with van der Waals surface area (Å²) >= 11 is 0. The van der Waals surface area contributed by atoms with Crippen LogP contribution in [0.4, 0.5) is 0 Å². The Labute approximate surface area is 186 Å². The quantitative estimate of drug-likeness (QED) is 0.558. The summed E-state index contributed by atoms with van der Waals surface area (Å²) in [6.07, 6.45) is 2.34. The first-order valence-electron chi connectivity index (χ1n) is 11.0. The molecule has 0 spiro atoms. The summed E-state index contributed by atoms with van der Waals surface area (Å²) in [5, 5.41) is 0.539. The maximum Gasteiger partial charge on any atom is 0.307 e. The van der Waals surface area contributed by atoms with E-state index in [4.69, 9.17) is 4.74 Å². The summed E-state index contributed by atoms with van der Waals surface area (Å²) in [7, 11) is 1.65. The monoisotopic (exact) mass is 433 g/mol. The zero-order valence-electron chi connectivity index (χ0n) is 18.2. The number of carbonyl (C=O) groups is 2. The molecule has 0 N–H and O–H groups in total. The fourth-order valence-corrected chi connectivity index (χ4v) is 4.06. The molecule has 0 radical (unpaired) electrons. The normalized spacial score (nSPS) is 14.8. The largest absolute Gasteiger partial charge is 0.447 e. The van der Waals surface area contributed by atoms with Crippen LogP contribution in [-0.4, -0.2) is 39.4 Å². The van der Waals surface area contributed by atoms with E-state index >= 15 is 0 Å². The highest BCUT2D eigenvalue weighted by Crippen LogP contribution is 2.23. The van der Waals surface area contributed by atoms with Crippen LogP contribution in [0.15, 0.2) is 59.4 Å². The lowest BCUT2D eigenvalue weighted by atomic mass is 10.1. The van der Waals surface area contributed by atoms with Crippen molar-refractivity contribution in [2.75, 3.05) is 13.1 Å². The number of esters is 1. The average molecular weight is 434 g/mol. The Morgan fingerprint density at radius 2 is 1.69 bits per heavy atom. The van der Waals surface area contributed by atoms with Crippen molar-refractivity contribution in [3.63, 3.8) is 0 Å². The van der Waals surface area contributed by atoms with Crippen LogP contribution in [0, 0.1) is 0 Å². The molecule has 0 saturated carbocycles. The van der Waals surface area contributed by atoms with E-state index in [9.17, 15) is 14.4 Å². The molecule has 1 aromatic heterocycles. The van der Waals surface area contributed by atoms with Crippen molar-refractivity contribution in [2.24, 2.45) is 7.05 Å². The minimum atomic E-state index is -0.963. The summed E-state index contributed by atoms with van der Waals surface area (Å²) in [6.45, 7) is 1.37. The van der Waals surface area contributed by atoms with Crippen molar-refractivity contribution in [2.45, 2.75) is 38.2 Å². The predicted molar refractivity (Wildman–Crippen MR) is 121 cm³/mol. The topological polar surface area (TPSA) is 81.5 Å². The minimum absolute atomic E-state index is 0.0230. The van der Waals surface area contributed by atoms with E-state index in [0.717, 1.165) is 19.3 Å². The number of aryl methyl sites for hydroxylation is 1. The second kappa shape index (κ2) is 9.77. The van der Waals surface area contributed by atoms with Gasteiger partial charge in [-0.25, -0.2) is 4.98 Å². The van der Waals surface area contributed by atoms with Crippen molar-refractivity contribution in [3.8, 4) is 0 Å². The third kappa shape index (κ3) is 4.72. The molecule has 1 aliphatic rings. The second-order valence-electron chi connectivity index (χ2n) is 8.08. The summed E-state index contributed by atoms with van der Waals surface area (Å²) in [4.78, 5) is 44.8.